The van der Waals surface area contributed by atoms with E-state index in [1.54, 1.807) is 0 Å². The molecule has 4 nitrogen and oxygen atoms in total. The molecular formula is C8H13NO3. The highest BCUT2D eigenvalue weighted by molar-refractivity contribution is 5.87. The van der Waals surface area contributed by atoms with E-state index in [4.69, 9.17) is 9.47 Å². The first-order chi connectivity index (χ1) is 5.74. The molecule has 1 atom stereocenters. The molecule has 4 heteroatoms. The van der Waals surface area contributed by atoms with Gasteiger partial charge in [-0.2, -0.15) is 0 Å². The molecule has 0 spiro atoms. The van der Waals surface area contributed by atoms with Crippen LogP contribution in [0.15, 0.2) is 12.2 Å². The zero-order valence-corrected chi connectivity index (χ0v) is 7.13. The van der Waals surface area contributed by atoms with Crippen LogP contribution in [0, 0.1) is 0 Å². The molecule has 0 bridgehead atoms. The third-order valence-electron chi connectivity index (χ3n) is 1.61. The molecule has 0 aromatic rings. The molecule has 1 rings (SSSR count). The minimum Gasteiger partial charge on any atom is -0.418 e. The zero-order chi connectivity index (χ0) is 8.97. The molecular weight excluding hydrogens is 158 g/mol. The monoisotopic (exact) mass is 171 g/mol. The minimum absolute atomic E-state index is 0.392. The molecule has 12 heavy (non-hydrogen) atoms. The van der Waals surface area contributed by atoms with E-state index >= 15 is 0 Å². The second-order valence-electron chi connectivity index (χ2n) is 2.52. The van der Waals surface area contributed by atoms with Gasteiger partial charge in [-0.05, 0) is 6.42 Å². The Bertz CT molecular complexity index is 185. The fraction of sp³-hybridized carbons (Fsp3) is 0.625. The van der Waals surface area contributed by atoms with Gasteiger partial charge in [0.1, 0.15) is 0 Å². The Morgan fingerprint density at radius 1 is 1.83 bits per heavy atom. The van der Waals surface area contributed by atoms with Crippen LogP contribution in [0.2, 0.25) is 0 Å². The largest absolute Gasteiger partial charge is 0.418 e. The third kappa shape index (κ3) is 2.32. The molecule has 1 heterocycles. The number of carbonyl (C=O) groups is 1. The van der Waals surface area contributed by atoms with Crippen molar-refractivity contribution >= 4 is 5.97 Å². The van der Waals surface area contributed by atoms with Crippen LogP contribution in [-0.4, -0.2) is 25.5 Å². The number of carbonyl (C=O) groups excluding carboxylic acids is 1. The molecule has 1 unspecified atom stereocenters. The Morgan fingerprint density at radius 2 is 2.58 bits per heavy atom. The second-order valence-corrected chi connectivity index (χ2v) is 2.52. The minimum atomic E-state index is -0.583. The predicted octanol–water partition coefficient (Wildman–Crippen LogP) is 0.399. The number of esters is 1. The summed E-state index contributed by atoms with van der Waals surface area (Å²) in [7, 11) is 0. The van der Waals surface area contributed by atoms with Gasteiger partial charge in [0.2, 0.25) is 0 Å². The highest BCUT2D eigenvalue weighted by atomic mass is 16.7. The molecule has 0 amide bonds. The van der Waals surface area contributed by atoms with Gasteiger partial charge in [0, 0.05) is 12.1 Å². The van der Waals surface area contributed by atoms with E-state index in [1.165, 1.54) is 0 Å². The maximum atomic E-state index is 11.1. The van der Waals surface area contributed by atoms with Crippen molar-refractivity contribution in [2.75, 3.05) is 13.2 Å². The fourth-order valence-corrected chi connectivity index (χ4v) is 0.802. The standard InChI is InChI=1S/C8H13NO3/c1-3-6(2)7(10)12-8-9-4-5-11-8/h8-9H,2-5H2,1H3. The summed E-state index contributed by atoms with van der Waals surface area (Å²) < 4.78 is 9.92. The highest BCUT2D eigenvalue weighted by Gasteiger charge is 2.19. The molecule has 0 saturated carbocycles. The summed E-state index contributed by atoms with van der Waals surface area (Å²) >= 11 is 0. The van der Waals surface area contributed by atoms with Crippen LogP contribution >= 0.6 is 0 Å². The maximum absolute atomic E-state index is 11.1. The number of ether oxygens (including phenoxy) is 2. The summed E-state index contributed by atoms with van der Waals surface area (Å²) in [6.07, 6.45) is 0.0201. The van der Waals surface area contributed by atoms with E-state index in [1.807, 2.05) is 6.92 Å². The Hall–Kier alpha value is -0.870. The quantitative estimate of drug-likeness (QED) is 0.493. The number of nitrogens with one attached hydrogen (secondary N) is 1. The Kier molecular flexibility index (Phi) is 3.25. The Labute approximate surface area is 71.5 Å². The van der Waals surface area contributed by atoms with Crippen LogP contribution in [0.4, 0.5) is 0 Å². The van der Waals surface area contributed by atoms with Crippen molar-refractivity contribution in [1.29, 1.82) is 0 Å². The molecule has 0 aromatic carbocycles. The van der Waals surface area contributed by atoms with E-state index < -0.39 is 12.4 Å². The van der Waals surface area contributed by atoms with Crippen LogP contribution in [-0.2, 0) is 14.3 Å². The van der Waals surface area contributed by atoms with Gasteiger partial charge in [0.05, 0.1) is 6.61 Å². The van der Waals surface area contributed by atoms with E-state index in [0.29, 0.717) is 18.6 Å². The summed E-state index contributed by atoms with van der Waals surface area (Å²) in [4.78, 5) is 11.1. The first kappa shape index (κ1) is 9.22. The van der Waals surface area contributed by atoms with Gasteiger partial charge in [0.15, 0.2) is 0 Å². The molecule has 0 aromatic heterocycles. The summed E-state index contributed by atoms with van der Waals surface area (Å²) in [6.45, 7) is 6.71. The normalized spacial score (nSPS) is 22.2. The zero-order valence-electron chi connectivity index (χ0n) is 7.13. The van der Waals surface area contributed by atoms with Gasteiger partial charge in [-0.3, -0.25) is 5.32 Å². The van der Waals surface area contributed by atoms with Gasteiger partial charge < -0.3 is 9.47 Å². The highest BCUT2D eigenvalue weighted by Crippen LogP contribution is 2.04. The maximum Gasteiger partial charge on any atom is 0.336 e. The molecule has 1 aliphatic rings. The average molecular weight is 171 g/mol. The van der Waals surface area contributed by atoms with Gasteiger partial charge in [-0.25, -0.2) is 4.79 Å². The summed E-state index contributed by atoms with van der Waals surface area (Å²) in [5.74, 6) is -0.392. The third-order valence-corrected chi connectivity index (χ3v) is 1.61. The lowest BCUT2D eigenvalue weighted by molar-refractivity contribution is -0.168. The van der Waals surface area contributed by atoms with Crippen LogP contribution < -0.4 is 5.32 Å². The van der Waals surface area contributed by atoms with Crippen molar-refractivity contribution in [3.05, 3.63) is 12.2 Å². The van der Waals surface area contributed by atoms with Crippen molar-refractivity contribution in [3.8, 4) is 0 Å². The van der Waals surface area contributed by atoms with Gasteiger partial charge in [0.25, 0.3) is 6.41 Å². The summed E-state index contributed by atoms with van der Waals surface area (Å²) in [5.41, 5.74) is 0.465. The molecule has 0 radical (unpaired) electrons. The SMILES string of the molecule is C=C(CC)C(=O)OC1NCCO1. The molecule has 0 aliphatic carbocycles. The predicted molar refractivity (Wildman–Crippen MR) is 43.3 cm³/mol. The summed E-state index contributed by atoms with van der Waals surface area (Å²) in [6, 6.07) is 0. The number of rotatable bonds is 3. The topological polar surface area (TPSA) is 47.6 Å². The second kappa shape index (κ2) is 4.23. The van der Waals surface area contributed by atoms with Gasteiger partial charge in [-0.1, -0.05) is 13.5 Å². The van der Waals surface area contributed by atoms with Crippen molar-refractivity contribution in [2.45, 2.75) is 19.8 Å². The lowest BCUT2D eigenvalue weighted by Crippen LogP contribution is -2.29. The van der Waals surface area contributed by atoms with E-state index in [9.17, 15) is 4.79 Å². The Morgan fingerprint density at radius 3 is 3.08 bits per heavy atom. The summed E-state index contributed by atoms with van der Waals surface area (Å²) in [5, 5.41) is 2.86. The van der Waals surface area contributed by atoms with Gasteiger partial charge in [-0.15, -0.1) is 0 Å². The first-order valence-corrected chi connectivity index (χ1v) is 3.97. The molecule has 1 fully saturated rings. The van der Waals surface area contributed by atoms with E-state index in [-0.39, 0.29) is 0 Å². The number of hydrogen-bond acceptors (Lipinski definition) is 4. The van der Waals surface area contributed by atoms with Crippen LogP contribution in [0.1, 0.15) is 13.3 Å². The molecule has 68 valence electrons. The fourth-order valence-electron chi connectivity index (χ4n) is 0.802. The molecule has 1 N–H and O–H groups in total. The molecule has 1 saturated heterocycles. The molecule has 1 aliphatic heterocycles. The lowest BCUT2D eigenvalue weighted by Gasteiger charge is -2.11. The van der Waals surface area contributed by atoms with E-state index in [0.717, 1.165) is 6.54 Å². The average Bonchev–Trinajstić information content (AvgIpc) is 2.55. The van der Waals surface area contributed by atoms with Crippen LogP contribution in [0.5, 0.6) is 0 Å². The lowest BCUT2D eigenvalue weighted by atomic mass is 10.2. The van der Waals surface area contributed by atoms with Gasteiger partial charge >= 0.3 is 5.97 Å². The smallest absolute Gasteiger partial charge is 0.336 e. The Balaban J connectivity index is 2.29. The van der Waals surface area contributed by atoms with Crippen LogP contribution in [0.25, 0.3) is 0 Å². The van der Waals surface area contributed by atoms with Crippen molar-refractivity contribution in [1.82, 2.24) is 5.32 Å². The van der Waals surface area contributed by atoms with Crippen molar-refractivity contribution < 1.29 is 14.3 Å². The van der Waals surface area contributed by atoms with Crippen LogP contribution in [0.3, 0.4) is 0 Å². The van der Waals surface area contributed by atoms with E-state index in [2.05, 4.69) is 11.9 Å². The van der Waals surface area contributed by atoms with Crippen molar-refractivity contribution in [2.24, 2.45) is 0 Å². The first-order valence-electron chi connectivity index (χ1n) is 3.97. The number of hydrogen-bond donors (Lipinski definition) is 1. The van der Waals surface area contributed by atoms with Crippen molar-refractivity contribution in [3.63, 3.8) is 0 Å².